The fourth-order valence-corrected chi connectivity index (χ4v) is 6.35. The zero-order chi connectivity index (χ0) is 31.4. The van der Waals surface area contributed by atoms with E-state index < -0.39 is 34.1 Å². The number of sulfonamides is 1. The first-order valence-electron chi connectivity index (χ1n) is 13.4. The van der Waals surface area contributed by atoms with Gasteiger partial charge in [0.25, 0.3) is 10.0 Å². The molecule has 1 unspecified atom stereocenters. The second kappa shape index (κ2) is 13.7. The molecule has 0 aliphatic carbocycles. The third-order valence-corrected chi connectivity index (χ3v) is 9.33. The van der Waals surface area contributed by atoms with Gasteiger partial charge in [-0.1, -0.05) is 53.9 Å². The van der Waals surface area contributed by atoms with Gasteiger partial charge in [-0.05, 0) is 106 Å². The molecule has 0 saturated carbocycles. The molecule has 0 aliphatic rings. The summed E-state index contributed by atoms with van der Waals surface area (Å²) in [7, 11) is -4.21. The molecule has 0 bridgehead atoms. The first-order chi connectivity index (χ1) is 19.5. The highest BCUT2D eigenvalue weighted by Gasteiger charge is 2.35. The van der Waals surface area contributed by atoms with E-state index in [1.807, 2.05) is 34.6 Å². The van der Waals surface area contributed by atoms with Crippen molar-refractivity contribution < 1.29 is 18.0 Å². The second-order valence-corrected chi connectivity index (χ2v) is 14.3. The number of carbonyl (C=O) groups excluding carboxylic acids is 2. The summed E-state index contributed by atoms with van der Waals surface area (Å²) in [6.07, 6.45) is 0.284. The summed E-state index contributed by atoms with van der Waals surface area (Å²) in [5.41, 5.74) is 2.16. The van der Waals surface area contributed by atoms with Crippen molar-refractivity contribution in [3.8, 4) is 0 Å². The predicted octanol–water partition coefficient (Wildman–Crippen LogP) is 7.18. The van der Waals surface area contributed by atoms with Crippen molar-refractivity contribution in [2.75, 3.05) is 10.8 Å². The van der Waals surface area contributed by atoms with Crippen LogP contribution in [0.5, 0.6) is 0 Å². The highest BCUT2D eigenvalue weighted by atomic mass is 35.5. The van der Waals surface area contributed by atoms with Gasteiger partial charge in [0.05, 0.1) is 10.6 Å². The van der Waals surface area contributed by atoms with Gasteiger partial charge in [-0.2, -0.15) is 0 Å². The number of nitrogens with zero attached hydrogens (tertiary/aromatic N) is 2. The Morgan fingerprint density at radius 3 is 2.05 bits per heavy atom. The molecule has 0 aliphatic heterocycles. The average molecular weight is 653 g/mol. The van der Waals surface area contributed by atoms with Crippen LogP contribution in [0.3, 0.4) is 0 Å². The van der Waals surface area contributed by atoms with E-state index in [-0.39, 0.29) is 23.8 Å². The number of amides is 2. The third-order valence-electron chi connectivity index (χ3n) is 6.70. The monoisotopic (exact) mass is 651 g/mol. The van der Waals surface area contributed by atoms with Gasteiger partial charge in [0, 0.05) is 27.2 Å². The predicted molar refractivity (Wildman–Crippen MR) is 171 cm³/mol. The second-order valence-electron chi connectivity index (χ2n) is 11.2. The van der Waals surface area contributed by atoms with Crippen molar-refractivity contribution in [2.45, 2.75) is 71.0 Å². The average Bonchev–Trinajstić information content (AvgIpc) is 2.89. The maximum absolute atomic E-state index is 14.2. The molecule has 42 heavy (non-hydrogen) atoms. The molecule has 1 N–H and O–H groups in total. The van der Waals surface area contributed by atoms with Crippen LogP contribution in [0.2, 0.25) is 15.1 Å². The summed E-state index contributed by atoms with van der Waals surface area (Å²) in [6.45, 7) is 10.5. The normalized spacial score (nSPS) is 12.5. The summed E-state index contributed by atoms with van der Waals surface area (Å²) >= 11 is 18.6. The highest BCUT2D eigenvalue weighted by molar-refractivity contribution is 7.92. The molecule has 0 radical (unpaired) electrons. The number of carbonyl (C=O) groups is 2. The topological polar surface area (TPSA) is 86.8 Å². The van der Waals surface area contributed by atoms with Crippen LogP contribution < -0.4 is 9.62 Å². The maximum Gasteiger partial charge on any atom is 0.264 e. The van der Waals surface area contributed by atoms with E-state index in [1.54, 1.807) is 43.3 Å². The van der Waals surface area contributed by atoms with E-state index in [0.29, 0.717) is 26.3 Å². The van der Waals surface area contributed by atoms with E-state index in [2.05, 4.69) is 5.32 Å². The number of hydrogen-bond acceptors (Lipinski definition) is 4. The lowest BCUT2D eigenvalue weighted by molar-refractivity contribution is -0.141. The Hall–Kier alpha value is -2.78. The first kappa shape index (κ1) is 33.7. The smallest absolute Gasteiger partial charge is 0.264 e. The summed E-state index contributed by atoms with van der Waals surface area (Å²) in [5.74, 6) is -0.936. The van der Waals surface area contributed by atoms with Gasteiger partial charge in [0.15, 0.2) is 0 Å². The Balaban J connectivity index is 2.12. The lowest BCUT2D eigenvalue weighted by atomic mass is 10.1. The zero-order valence-electron chi connectivity index (χ0n) is 24.5. The van der Waals surface area contributed by atoms with Crippen LogP contribution in [0.4, 0.5) is 5.69 Å². The minimum Gasteiger partial charge on any atom is -0.350 e. The van der Waals surface area contributed by atoms with Gasteiger partial charge in [0.2, 0.25) is 11.8 Å². The van der Waals surface area contributed by atoms with E-state index in [9.17, 15) is 18.0 Å². The molecular formula is C31H36Cl3N3O4S. The Morgan fingerprint density at radius 2 is 1.50 bits per heavy atom. The van der Waals surface area contributed by atoms with Crippen LogP contribution in [0, 0.1) is 13.8 Å². The lowest BCUT2D eigenvalue weighted by Crippen LogP contribution is -2.55. The Kier molecular flexibility index (Phi) is 11.0. The maximum atomic E-state index is 14.2. The Morgan fingerprint density at radius 1 is 0.881 bits per heavy atom. The molecule has 11 heteroatoms. The summed E-state index contributed by atoms with van der Waals surface area (Å²) in [4.78, 5) is 29.0. The highest BCUT2D eigenvalue weighted by Crippen LogP contribution is 2.28. The number of aryl methyl sites for hydroxylation is 2. The number of halogens is 3. The van der Waals surface area contributed by atoms with Crippen molar-refractivity contribution in [1.29, 1.82) is 0 Å². The first-order valence-corrected chi connectivity index (χ1v) is 16.0. The SMILES string of the molecule is CCC(C(=O)NC(C)(C)C)N(Cc1ccc(Cl)cc1Cl)C(=O)CN(c1ccc(C)c(C)c1)S(=O)(=O)c1ccc(Cl)cc1. The van der Waals surface area contributed by atoms with E-state index >= 15 is 0 Å². The fraction of sp³-hybridized carbons (Fsp3) is 0.355. The zero-order valence-corrected chi connectivity index (χ0v) is 27.6. The molecule has 1 atom stereocenters. The minimum absolute atomic E-state index is 0.0252. The quantitative estimate of drug-likeness (QED) is 0.251. The molecule has 3 rings (SSSR count). The van der Waals surface area contributed by atoms with Crippen LogP contribution >= 0.6 is 34.8 Å². The van der Waals surface area contributed by atoms with Crippen LogP contribution in [-0.2, 0) is 26.2 Å². The van der Waals surface area contributed by atoms with E-state index in [4.69, 9.17) is 34.8 Å². The molecule has 3 aromatic rings. The molecule has 0 aromatic heterocycles. The summed E-state index contributed by atoms with van der Waals surface area (Å²) < 4.78 is 29.1. The van der Waals surface area contributed by atoms with Crippen molar-refractivity contribution in [3.05, 3.63) is 92.4 Å². The van der Waals surface area contributed by atoms with E-state index in [1.165, 1.54) is 29.2 Å². The van der Waals surface area contributed by atoms with Gasteiger partial charge in [0.1, 0.15) is 12.6 Å². The van der Waals surface area contributed by atoms with Gasteiger partial charge in [-0.3, -0.25) is 13.9 Å². The van der Waals surface area contributed by atoms with Crippen molar-refractivity contribution in [1.82, 2.24) is 10.2 Å². The molecule has 3 aromatic carbocycles. The number of anilines is 1. The molecule has 0 saturated heterocycles. The molecule has 0 fully saturated rings. The molecule has 0 spiro atoms. The molecule has 7 nitrogen and oxygen atoms in total. The number of nitrogens with one attached hydrogen (secondary N) is 1. The molecular weight excluding hydrogens is 617 g/mol. The number of hydrogen-bond donors (Lipinski definition) is 1. The van der Waals surface area contributed by atoms with Crippen molar-refractivity contribution >= 4 is 62.3 Å². The fourth-order valence-electron chi connectivity index (χ4n) is 4.35. The minimum atomic E-state index is -4.21. The van der Waals surface area contributed by atoms with Crippen molar-refractivity contribution in [3.63, 3.8) is 0 Å². The third kappa shape index (κ3) is 8.40. The van der Waals surface area contributed by atoms with Crippen molar-refractivity contribution in [2.24, 2.45) is 0 Å². The van der Waals surface area contributed by atoms with Gasteiger partial charge in [-0.15, -0.1) is 0 Å². The van der Waals surface area contributed by atoms with Gasteiger partial charge >= 0.3 is 0 Å². The molecule has 2 amide bonds. The number of rotatable bonds is 10. The molecule has 0 heterocycles. The Labute approximate surface area is 263 Å². The van der Waals surface area contributed by atoms with Crippen LogP contribution in [-0.4, -0.2) is 43.3 Å². The van der Waals surface area contributed by atoms with Crippen LogP contribution in [0.25, 0.3) is 0 Å². The lowest BCUT2D eigenvalue weighted by Gasteiger charge is -2.35. The van der Waals surface area contributed by atoms with E-state index in [0.717, 1.165) is 15.4 Å². The largest absolute Gasteiger partial charge is 0.350 e. The van der Waals surface area contributed by atoms with Gasteiger partial charge < -0.3 is 10.2 Å². The van der Waals surface area contributed by atoms with Crippen LogP contribution in [0.15, 0.2) is 65.6 Å². The summed E-state index contributed by atoms with van der Waals surface area (Å²) in [6, 6.07) is 14.9. The summed E-state index contributed by atoms with van der Waals surface area (Å²) in [5, 5.41) is 4.07. The van der Waals surface area contributed by atoms with Crippen LogP contribution in [0.1, 0.15) is 50.8 Å². The van der Waals surface area contributed by atoms with Gasteiger partial charge in [-0.25, -0.2) is 8.42 Å². The molecule has 226 valence electrons. The number of benzene rings is 3. The Bertz CT molecular complexity index is 1550. The standard InChI is InChI=1S/C31H36Cl3N3O4S/c1-7-28(30(39)35-31(4,5)6)36(18-22-9-10-24(33)17-27(22)34)29(38)19-37(25-13-8-20(2)21(3)16-25)42(40,41)26-14-11-23(32)12-15-26/h8-17,28H,7,18-19H2,1-6H3,(H,35,39).